The molecule has 2 aromatic carbocycles. The maximum atomic E-state index is 12.2. The predicted octanol–water partition coefficient (Wildman–Crippen LogP) is 2.32. The molecule has 0 spiro atoms. The van der Waals surface area contributed by atoms with Gasteiger partial charge in [0.2, 0.25) is 11.8 Å². The van der Waals surface area contributed by atoms with Crippen LogP contribution >= 0.6 is 0 Å². The van der Waals surface area contributed by atoms with Gasteiger partial charge in [-0.2, -0.15) is 5.26 Å². The molecule has 6 heteroatoms. The molecule has 1 unspecified atom stereocenters. The molecular weight excluding hydrogens is 292 g/mol. The van der Waals surface area contributed by atoms with Crippen molar-refractivity contribution in [2.45, 2.75) is 12.5 Å². The van der Waals surface area contributed by atoms with Crippen LogP contribution in [0.25, 0.3) is 0 Å². The van der Waals surface area contributed by atoms with Crippen LogP contribution in [0.3, 0.4) is 0 Å². The molecule has 0 aromatic heterocycles. The standard InChI is InChI=1S/C17H14N4O2/c18-10-11-5-1-2-6-12(11)20-16(22)9-15-17(23)21-14-8-4-3-7-13(14)19-15/h1-8,15,19H,9H2,(H,20,22)(H,21,23). The highest BCUT2D eigenvalue weighted by Crippen LogP contribution is 2.26. The maximum Gasteiger partial charge on any atom is 0.247 e. The molecule has 1 heterocycles. The summed E-state index contributed by atoms with van der Waals surface area (Å²) in [6.07, 6.45) is -0.0278. The second kappa shape index (κ2) is 6.20. The summed E-state index contributed by atoms with van der Waals surface area (Å²) in [6.45, 7) is 0. The number of nitrogens with one attached hydrogen (secondary N) is 3. The molecule has 0 radical (unpaired) electrons. The van der Waals surface area contributed by atoms with Crippen molar-refractivity contribution in [2.24, 2.45) is 0 Å². The number of rotatable bonds is 3. The van der Waals surface area contributed by atoms with Crippen LogP contribution in [0.15, 0.2) is 48.5 Å². The smallest absolute Gasteiger partial charge is 0.247 e. The number of anilines is 3. The summed E-state index contributed by atoms with van der Waals surface area (Å²) in [6, 6.07) is 15.4. The molecule has 0 saturated heterocycles. The molecule has 114 valence electrons. The van der Waals surface area contributed by atoms with Crippen LogP contribution in [0.1, 0.15) is 12.0 Å². The Bertz CT molecular complexity index is 810. The summed E-state index contributed by atoms with van der Waals surface area (Å²) in [7, 11) is 0. The zero-order chi connectivity index (χ0) is 16.2. The highest BCUT2D eigenvalue weighted by Gasteiger charge is 2.27. The Balaban J connectivity index is 1.69. The van der Waals surface area contributed by atoms with E-state index in [4.69, 9.17) is 5.26 Å². The van der Waals surface area contributed by atoms with Crippen LogP contribution in [0.4, 0.5) is 17.1 Å². The zero-order valence-electron chi connectivity index (χ0n) is 12.2. The minimum absolute atomic E-state index is 0.0278. The number of amides is 2. The normalized spacial score (nSPS) is 15.6. The first-order valence-corrected chi connectivity index (χ1v) is 7.13. The summed E-state index contributed by atoms with van der Waals surface area (Å²) in [5, 5.41) is 17.5. The molecule has 1 atom stereocenters. The van der Waals surface area contributed by atoms with Gasteiger partial charge in [0.1, 0.15) is 12.1 Å². The van der Waals surface area contributed by atoms with Crippen LogP contribution in [0, 0.1) is 11.3 Å². The van der Waals surface area contributed by atoms with E-state index in [1.165, 1.54) is 0 Å². The number of fused-ring (bicyclic) bond motifs is 1. The lowest BCUT2D eigenvalue weighted by molar-refractivity contribution is -0.122. The van der Waals surface area contributed by atoms with Crippen molar-refractivity contribution >= 4 is 28.9 Å². The summed E-state index contributed by atoms with van der Waals surface area (Å²) in [5.41, 5.74) is 2.30. The zero-order valence-corrected chi connectivity index (χ0v) is 12.2. The van der Waals surface area contributed by atoms with E-state index in [9.17, 15) is 9.59 Å². The summed E-state index contributed by atoms with van der Waals surface area (Å²) in [5.74, 6) is -0.591. The Kier molecular flexibility index (Phi) is 3.93. The molecule has 23 heavy (non-hydrogen) atoms. The molecule has 1 aliphatic heterocycles. The highest BCUT2D eigenvalue weighted by atomic mass is 16.2. The number of para-hydroxylation sites is 3. The molecule has 1 aliphatic rings. The predicted molar refractivity (Wildman–Crippen MR) is 86.9 cm³/mol. The van der Waals surface area contributed by atoms with Gasteiger partial charge < -0.3 is 16.0 Å². The van der Waals surface area contributed by atoms with Crippen LogP contribution in [0.2, 0.25) is 0 Å². The number of benzene rings is 2. The van der Waals surface area contributed by atoms with Gasteiger partial charge in [0.05, 0.1) is 29.0 Å². The van der Waals surface area contributed by atoms with Crippen molar-refractivity contribution in [3.8, 4) is 6.07 Å². The molecule has 3 rings (SSSR count). The summed E-state index contributed by atoms with van der Waals surface area (Å²) in [4.78, 5) is 24.2. The molecule has 2 aromatic rings. The third kappa shape index (κ3) is 3.14. The molecule has 0 fully saturated rings. The minimum Gasteiger partial charge on any atom is -0.372 e. The van der Waals surface area contributed by atoms with Gasteiger partial charge in [0.25, 0.3) is 0 Å². The van der Waals surface area contributed by atoms with Gasteiger partial charge in [-0.05, 0) is 24.3 Å². The Morgan fingerprint density at radius 2 is 1.83 bits per heavy atom. The summed E-state index contributed by atoms with van der Waals surface area (Å²) < 4.78 is 0. The monoisotopic (exact) mass is 306 g/mol. The number of nitriles is 1. The molecular formula is C17H14N4O2. The average molecular weight is 306 g/mol. The van der Waals surface area contributed by atoms with E-state index < -0.39 is 6.04 Å². The SMILES string of the molecule is N#Cc1ccccc1NC(=O)CC1Nc2ccccc2NC1=O. The van der Waals surface area contributed by atoms with Gasteiger partial charge >= 0.3 is 0 Å². The Hall–Kier alpha value is -3.33. The number of carbonyl (C=O) groups excluding carboxylic acids is 2. The van der Waals surface area contributed by atoms with Crippen molar-refractivity contribution in [1.29, 1.82) is 5.26 Å². The van der Waals surface area contributed by atoms with Gasteiger partial charge in [-0.1, -0.05) is 24.3 Å². The van der Waals surface area contributed by atoms with E-state index >= 15 is 0 Å². The molecule has 0 saturated carbocycles. The highest BCUT2D eigenvalue weighted by molar-refractivity contribution is 6.06. The second-order valence-corrected chi connectivity index (χ2v) is 5.14. The van der Waals surface area contributed by atoms with Crippen molar-refractivity contribution in [3.05, 3.63) is 54.1 Å². The fourth-order valence-corrected chi connectivity index (χ4v) is 2.41. The second-order valence-electron chi connectivity index (χ2n) is 5.14. The van der Waals surface area contributed by atoms with E-state index in [1.807, 2.05) is 24.3 Å². The van der Waals surface area contributed by atoms with Crippen LogP contribution < -0.4 is 16.0 Å². The molecule has 2 amide bonds. The van der Waals surface area contributed by atoms with Crippen molar-refractivity contribution in [1.82, 2.24) is 0 Å². The lowest BCUT2D eigenvalue weighted by Gasteiger charge is -2.26. The maximum absolute atomic E-state index is 12.2. The molecule has 3 N–H and O–H groups in total. The largest absolute Gasteiger partial charge is 0.372 e. The fourth-order valence-electron chi connectivity index (χ4n) is 2.41. The van der Waals surface area contributed by atoms with Crippen LogP contribution in [0.5, 0.6) is 0 Å². The quantitative estimate of drug-likeness (QED) is 0.811. The number of hydrogen-bond donors (Lipinski definition) is 3. The lowest BCUT2D eigenvalue weighted by atomic mass is 10.1. The molecule has 6 nitrogen and oxygen atoms in total. The van der Waals surface area contributed by atoms with Crippen LogP contribution in [-0.4, -0.2) is 17.9 Å². The first-order chi connectivity index (χ1) is 11.2. The van der Waals surface area contributed by atoms with Gasteiger partial charge in [0.15, 0.2) is 0 Å². The fraction of sp³-hybridized carbons (Fsp3) is 0.118. The van der Waals surface area contributed by atoms with E-state index in [0.717, 1.165) is 5.69 Å². The first-order valence-electron chi connectivity index (χ1n) is 7.13. The Morgan fingerprint density at radius 1 is 1.13 bits per heavy atom. The molecule has 0 aliphatic carbocycles. The summed E-state index contributed by atoms with van der Waals surface area (Å²) >= 11 is 0. The van der Waals surface area contributed by atoms with Crippen molar-refractivity contribution in [2.75, 3.05) is 16.0 Å². The van der Waals surface area contributed by atoms with E-state index in [2.05, 4.69) is 16.0 Å². The van der Waals surface area contributed by atoms with Crippen molar-refractivity contribution < 1.29 is 9.59 Å². The topological polar surface area (TPSA) is 94.0 Å². The van der Waals surface area contributed by atoms with Gasteiger partial charge in [-0.25, -0.2) is 0 Å². The van der Waals surface area contributed by atoms with Gasteiger partial charge in [-0.3, -0.25) is 9.59 Å². The van der Waals surface area contributed by atoms with E-state index in [1.54, 1.807) is 30.3 Å². The number of carbonyl (C=O) groups is 2. The first kappa shape index (κ1) is 14.6. The van der Waals surface area contributed by atoms with E-state index in [0.29, 0.717) is 16.9 Å². The third-order valence-electron chi connectivity index (χ3n) is 3.54. The van der Waals surface area contributed by atoms with Crippen LogP contribution in [-0.2, 0) is 9.59 Å². The third-order valence-corrected chi connectivity index (χ3v) is 3.54. The number of nitrogens with zero attached hydrogens (tertiary/aromatic N) is 1. The Labute approximate surface area is 133 Å². The van der Waals surface area contributed by atoms with Gasteiger partial charge in [-0.15, -0.1) is 0 Å². The van der Waals surface area contributed by atoms with Gasteiger partial charge in [0, 0.05) is 0 Å². The minimum atomic E-state index is -0.654. The van der Waals surface area contributed by atoms with E-state index in [-0.39, 0.29) is 18.2 Å². The molecule has 0 bridgehead atoms. The Morgan fingerprint density at radius 3 is 2.61 bits per heavy atom. The van der Waals surface area contributed by atoms with Crippen molar-refractivity contribution in [3.63, 3.8) is 0 Å². The lowest BCUT2D eigenvalue weighted by Crippen LogP contribution is -2.41. The average Bonchev–Trinajstić information content (AvgIpc) is 2.56. The number of hydrogen-bond acceptors (Lipinski definition) is 4.